The first-order valence-electron chi connectivity index (χ1n) is 6.37. The molecule has 1 amide bonds. The molecule has 0 aliphatic carbocycles. The van der Waals surface area contributed by atoms with Crippen LogP contribution in [0.3, 0.4) is 0 Å². The molecule has 1 aromatic carbocycles. The van der Waals surface area contributed by atoms with Crippen LogP contribution in [0.25, 0.3) is 0 Å². The Bertz CT molecular complexity index is 376. The smallest absolute Gasteiger partial charge is 0.258 e. The van der Waals surface area contributed by atoms with Gasteiger partial charge in [0.2, 0.25) is 0 Å². The van der Waals surface area contributed by atoms with E-state index < -0.39 is 12.0 Å². The normalized spacial score (nSPS) is 13.9. The fraction of sp³-hybridized carbons (Fsp3) is 0.500. The number of nitrogens with two attached hydrogens (primary N) is 1. The van der Waals surface area contributed by atoms with Crippen molar-refractivity contribution in [3.8, 4) is 5.75 Å². The number of primary amides is 1. The van der Waals surface area contributed by atoms with Gasteiger partial charge >= 0.3 is 0 Å². The lowest BCUT2D eigenvalue weighted by atomic mass is 10.0. The molecule has 0 saturated heterocycles. The van der Waals surface area contributed by atoms with E-state index in [0.29, 0.717) is 11.8 Å². The van der Waals surface area contributed by atoms with Gasteiger partial charge in [0.15, 0.2) is 6.10 Å². The van der Waals surface area contributed by atoms with E-state index in [4.69, 9.17) is 10.5 Å². The van der Waals surface area contributed by atoms with Crippen molar-refractivity contribution in [1.82, 2.24) is 5.32 Å². The summed E-state index contributed by atoms with van der Waals surface area (Å²) < 4.78 is 5.41. The van der Waals surface area contributed by atoms with Gasteiger partial charge in [0.05, 0.1) is 0 Å². The second kappa shape index (κ2) is 7.01. The van der Waals surface area contributed by atoms with Crippen LogP contribution in [0.5, 0.6) is 5.75 Å². The topological polar surface area (TPSA) is 64.3 Å². The highest BCUT2D eigenvalue weighted by Crippen LogP contribution is 2.20. The maximum atomic E-state index is 10.9. The molecule has 0 radical (unpaired) electrons. The first-order valence-corrected chi connectivity index (χ1v) is 6.37. The summed E-state index contributed by atoms with van der Waals surface area (Å²) in [7, 11) is 0. The Kier molecular flexibility index (Phi) is 5.65. The SMILES string of the molecule is CCNC(CC)c1ccc(OC(C)C(N)=O)cc1. The summed E-state index contributed by atoms with van der Waals surface area (Å²) in [5.41, 5.74) is 6.37. The number of hydrogen-bond acceptors (Lipinski definition) is 3. The average molecular weight is 250 g/mol. The molecule has 0 aliphatic heterocycles. The average Bonchev–Trinajstić information content (AvgIpc) is 2.37. The maximum Gasteiger partial charge on any atom is 0.258 e. The van der Waals surface area contributed by atoms with Crippen molar-refractivity contribution in [3.63, 3.8) is 0 Å². The van der Waals surface area contributed by atoms with E-state index in [1.54, 1.807) is 6.92 Å². The Morgan fingerprint density at radius 1 is 1.33 bits per heavy atom. The van der Waals surface area contributed by atoms with Crippen molar-refractivity contribution in [2.24, 2.45) is 5.73 Å². The van der Waals surface area contributed by atoms with Crippen molar-refractivity contribution in [3.05, 3.63) is 29.8 Å². The number of hydrogen-bond donors (Lipinski definition) is 2. The molecule has 2 atom stereocenters. The van der Waals surface area contributed by atoms with Gasteiger partial charge in [0.1, 0.15) is 5.75 Å². The minimum Gasteiger partial charge on any atom is -0.481 e. The number of benzene rings is 1. The van der Waals surface area contributed by atoms with Gasteiger partial charge in [0, 0.05) is 6.04 Å². The van der Waals surface area contributed by atoms with Gasteiger partial charge in [0.25, 0.3) is 5.91 Å². The van der Waals surface area contributed by atoms with Crippen molar-refractivity contribution >= 4 is 5.91 Å². The van der Waals surface area contributed by atoms with Crippen molar-refractivity contribution in [1.29, 1.82) is 0 Å². The number of ether oxygens (including phenoxy) is 1. The van der Waals surface area contributed by atoms with E-state index in [1.807, 2.05) is 24.3 Å². The molecule has 100 valence electrons. The molecular formula is C14H22N2O2. The lowest BCUT2D eigenvalue weighted by Gasteiger charge is -2.17. The lowest BCUT2D eigenvalue weighted by molar-refractivity contribution is -0.123. The molecule has 1 rings (SSSR count). The molecule has 0 bridgehead atoms. The number of rotatable bonds is 7. The molecule has 18 heavy (non-hydrogen) atoms. The Morgan fingerprint density at radius 3 is 2.39 bits per heavy atom. The van der Waals surface area contributed by atoms with Crippen molar-refractivity contribution in [2.45, 2.75) is 39.3 Å². The second-order valence-corrected chi connectivity index (χ2v) is 4.25. The highest BCUT2D eigenvalue weighted by Gasteiger charge is 2.11. The maximum absolute atomic E-state index is 10.9. The van der Waals surface area contributed by atoms with Gasteiger partial charge in [-0.25, -0.2) is 0 Å². The minimum atomic E-state index is -0.605. The molecule has 0 saturated carbocycles. The molecule has 0 spiro atoms. The molecule has 4 heteroatoms. The van der Waals surface area contributed by atoms with Crippen LogP contribution in [0.1, 0.15) is 38.8 Å². The predicted molar refractivity (Wildman–Crippen MR) is 72.4 cm³/mol. The van der Waals surface area contributed by atoms with Crippen molar-refractivity contribution < 1.29 is 9.53 Å². The van der Waals surface area contributed by atoms with Crippen LogP contribution in [0.15, 0.2) is 24.3 Å². The highest BCUT2D eigenvalue weighted by molar-refractivity contribution is 5.78. The largest absolute Gasteiger partial charge is 0.481 e. The standard InChI is InChI=1S/C14H22N2O2/c1-4-13(16-5-2)11-6-8-12(9-7-11)18-10(3)14(15)17/h6-10,13,16H,4-5H2,1-3H3,(H2,15,17). The summed E-state index contributed by atoms with van der Waals surface area (Å²) in [6.45, 7) is 6.82. The molecule has 0 heterocycles. The molecule has 1 aromatic rings. The second-order valence-electron chi connectivity index (χ2n) is 4.25. The zero-order valence-corrected chi connectivity index (χ0v) is 11.3. The van der Waals surface area contributed by atoms with Crippen molar-refractivity contribution in [2.75, 3.05) is 6.54 Å². The quantitative estimate of drug-likeness (QED) is 0.778. The number of amides is 1. The Hall–Kier alpha value is -1.55. The molecular weight excluding hydrogens is 228 g/mol. The zero-order valence-electron chi connectivity index (χ0n) is 11.3. The van der Waals surface area contributed by atoms with Gasteiger partial charge < -0.3 is 15.8 Å². The van der Waals surface area contributed by atoms with E-state index in [1.165, 1.54) is 5.56 Å². The van der Waals surface area contributed by atoms with Gasteiger partial charge in [-0.15, -0.1) is 0 Å². The molecule has 0 aliphatic rings. The van der Waals surface area contributed by atoms with Crippen LogP contribution in [-0.4, -0.2) is 18.6 Å². The first-order chi connectivity index (χ1) is 8.58. The molecule has 0 fully saturated rings. The van der Waals surface area contributed by atoms with E-state index in [2.05, 4.69) is 19.2 Å². The van der Waals surface area contributed by atoms with Crippen LogP contribution in [-0.2, 0) is 4.79 Å². The summed E-state index contributed by atoms with van der Waals surface area (Å²) in [6.07, 6.45) is 0.428. The van der Waals surface area contributed by atoms with Gasteiger partial charge in [-0.2, -0.15) is 0 Å². The third-order valence-electron chi connectivity index (χ3n) is 2.85. The van der Waals surface area contributed by atoms with Crippen LogP contribution >= 0.6 is 0 Å². The number of nitrogens with one attached hydrogen (secondary N) is 1. The Morgan fingerprint density at radius 2 is 1.94 bits per heavy atom. The third kappa shape index (κ3) is 4.04. The summed E-state index contributed by atoms with van der Waals surface area (Å²) in [4.78, 5) is 10.9. The van der Waals surface area contributed by atoms with Gasteiger partial charge in [-0.3, -0.25) is 4.79 Å². The van der Waals surface area contributed by atoms with Crippen LogP contribution in [0, 0.1) is 0 Å². The van der Waals surface area contributed by atoms with Gasteiger partial charge in [-0.1, -0.05) is 26.0 Å². The van der Waals surface area contributed by atoms with Crippen LogP contribution in [0.2, 0.25) is 0 Å². The Balaban J connectivity index is 2.70. The molecule has 2 unspecified atom stereocenters. The monoisotopic (exact) mass is 250 g/mol. The first kappa shape index (κ1) is 14.5. The fourth-order valence-electron chi connectivity index (χ4n) is 1.79. The third-order valence-corrected chi connectivity index (χ3v) is 2.85. The molecule has 0 aromatic heterocycles. The highest BCUT2D eigenvalue weighted by atomic mass is 16.5. The molecule has 3 N–H and O–H groups in total. The van der Waals surface area contributed by atoms with Gasteiger partial charge in [-0.05, 0) is 37.6 Å². The predicted octanol–water partition coefficient (Wildman–Crippen LogP) is 2.00. The number of carbonyl (C=O) groups excluding carboxylic acids is 1. The lowest BCUT2D eigenvalue weighted by Crippen LogP contribution is -2.30. The zero-order chi connectivity index (χ0) is 13.5. The number of carbonyl (C=O) groups is 1. The van der Waals surface area contributed by atoms with Crippen LogP contribution < -0.4 is 15.8 Å². The summed E-state index contributed by atoms with van der Waals surface area (Å²) in [5, 5.41) is 3.41. The summed E-state index contributed by atoms with van der Waals surface area (Å²) in [6, 6.07) is 8.13. The minimum absolute atomic E-state index is 0.359. The Labute approximate surface area is 109 Å². The van der Waals surface area contributed by atoms with E-state index in [-0.39, 0.29) is 0 Å². The van der Waals surface area contributed by atoms with Crippen LogP contribution in [0.4, 0.5) is 0 Å². The summed E-state index contributed by atoms with van der Waals surface area (Å²) >= 11 is 0. The van der Waals surface area contributed by atoms with E-state index in [9.17, 15) is 4.79 Å². The van der Waals surface area contributed by atoms with E-state index >= 15 is 0 Å². The van der Waals surface area contributed by atoms with E-state index in [0.717, 1.165) is 13.0 Å². The summed E-state index contributed by atoms with van der Waals surface area (Å²) in [5.74, 6) is 0.203. The molecule has 4 nitrogen and oxygen atoms in total. The fourth-order valence-corrected chi connectivity index (χ4v) is 1.79.